The van der Waals surface area contributed by atoms with Crippen LogP contribution in [-0.2, 0) is 24.5 Å². The van der Waals surface area contributed by atoms with Crippen molar-refractivity contribution in [3.63, 3.8) is 0 Å². The number of rotatable bonds is 7. The molecule has 2 aliphatic rings. The smallest absolute Gasteiger partial charge is 0.266 e. The number of benzene rings is 2. The van der Waals surface area contributed by atoms with E-state index in [1.54, 1.807) is 24.3 Å². The SMILES string of the molecule is O=C(CN1C(=O)C(C=C2SC(=S)N(CCS(=O)(=O)O)C2=O)c2ccccc21)Nc1ccc(F)cc1. The Morgan fingerprint density at radius 3 is 2.51 bits per heavy atom. The van der Waals surface area contributed by atoms with Crippen LogP contribution in [0.4, 0.5) is 15.8 Å². The van der Waals surface area contributed by atoms with Crippen LogP contribution in [0, 0.1) is 5.82 Å². The quantitative estimate of drug-likeness (QED) is 0.315. The number of nitrogens with one attached hydrogen (secondary N) is 1. The van der Waals surface area contributed by atoms with Crippen molar-refractivity contribution >= 4 is 67.5 Å². The van der Waals surface area contributed by atoms with Crippen molar-refractivity contribution in [1.82, 2.24) is 4.90 Å². The largest absolute Gasteiger partial charge is 0.325 e. The number of halogens is 1. The van der Waals surface area contributed by atoms with Gasteiger partial charge in [0.25, 0.3) is 16.0 Å². The molecule has 4 rings (SSSR count). The fraction of sp³-hybridized carbons (Fsp3) is 0.182. The summed E-state index contributed by atoms with van der Waals surface area (Å²) in [5.74, 6) is -3.46. The third-order valence-corrected chi connectivity index (χ3v) is 7.38. The topological polar surface area (TPSA) is 124 Å². The molecule has 1 unspecified atom stereocenters. The number of fused-ring (bicyclic) bond motifs is 1. The number of para-hydroxylation sites is 1. The van der Waals surface area contributed by atoms with Crippen molar-refractivity contribution in [3.05, 3.63) is 70.9 Å². The predicted octanol–water partition coefficient (Wildman–Crippen LogP) is 2.53. The Labute approximate surface area is 209 Å². The van der Waals surface area contributed by atoms with Crippen LogP contribution in [0.3, 0.4) is 0 Å². The van der Waals surface area contributed by atoms with E-state index in [1.165, 1.54) is 35.2 Å². The third-order valence-electron chi connectivity index (χ3n) is 5.29. The number of nitrogens with zero attached hydrogens (tertiary/aromatic N) is 2. The normalized spacial score (nSPS) is 19.0. The fourth-order valence-corrected chi connectivity index (χ4v) is 5.41. The van der Waals surface area contributed by atoms with E-state index in [0.717, 1.165) is 16.7 Å². The van der Waals surface area contributed by atoms with Crippen molar-refractivity contribution in [2.45, 2.75) is 5.92 Å². The molecule has 1 saturated heterocycles. The monoisotopic (exact) mass is 535 g/mol. The van der Waals surface area contributed by atoms with E-state index >= 15 is 0 Å². The van der Waals surface area contributed by atoms with E-state index in [9.17, 15) is 27.2 Å². The summed E-state index contributed by atoms with van der Waals surface area (Å²) in [4.78, 5) is 41.2. The highest BCUT2D eigenvalue weighted by molar-refractivity contribution is 8.26. The summed E-state index contributed by atoms with van der Waals surface area (Å²) in [7, 11) is -4.29. The first-order valence-electron chi connectivity index (χ1n) is 10.2. The highest BCUT2D eigenvalue weighted by atomic mass is 32.2. The van der Waals surface area contributed by atoms with Crippen LogP contribution in [0.1, 0.15) is 11.5 Å². The average Bonchev–Trinajstić information content (AvgIpc) is 3.21. The molecular weight excluding hydrogens is 517 g/mol. The minimum Gasteiger partial charge on any atom is -0.325 e. The molecule has 0 saturated carbocycles. The maximum atomic E-state index is 13.3. The van der Waals surface area contributed by atoms with E-state index in [-0.39, 0.29) is 22.3 Å². The molecule has 9 nitrogen and oxygen atoms in total. The summed E-state index contributed by atoms with van der Waals surface area (Å²) in [5, 5.41) is 2.61. The first-order chi connectivity index (χ1) is 16.5. The lowest BCUT2D eigenvalue weighted by molar-refractivity contribution is -0.122. The van der Waals surface area contributed by atoms with Crippen LogP contribution < -0.4 is 10.2 Å². The molecule has 2 heterocycles. The van der Waals surface area contributed by atoms with Crippen molar-refractivity contribution in [2.24, 2.45) is 0 Å². The molecule has 2 aliphatic heterocycles. The van der Waals surface area contributed by atoms with Gasteiger partial charge in [0.15, 0.2) is 0 Å². The Kier molecular flexibility index (Phi) is 7.03. The Bertz CT molecular complexity index is 1360. The van der Waals surface area contributed by atoms with Crippen LogP contribution in [0.25, 0.3) is 0 Å². The van der Waals surface area contributed by atoms with Gasteiger partial charge < -0.3 is 10.2 Å². The second-order valence-corrected chi connectivity index (χ2v) is 10.9. The van der Waals surface area contributed by atoms with Crippen molar-refractivity contribution in [2.75, 3.05) is 29.1 Å². The van der Waals surface area contributed by atoms with Crippen LogP contribution in [-0.4, -0.2) is 58.8 Å². The molecule has 13 heteroatoms. The highest BCUT2D eigenvalue weighted by Crippen LogP contribution is 2.41. The van der Waals surface area contributed by atoms with Gasteiger partial charge in [0.1, 0.15) is 16.7 Å². The Hall–Kier alpha value is -3.13. The summed E-state index contributed by atoms with van der Waals surface area (Å²) in [6.07, 6.45) is 1.45. The Morgan fingerprint density at radius 2 is 1.83 bits per heavy atom. The van der Waals surface area contributed by atoms with E-state index in [1.807, 2.05) is 0 Å². The number of anilines is 2. The molecule has 0 aliphatic carbocycles. The fourth-order valence-electron chi connectivity index (χ4n) is 3.68. The van der Waals surface area contributed by atoms with Crippen molar-refractivity contribution in [3.8, 4) is 0 Å². The van der Waals surface area contributed by atoms with E-state index in [4.69, 9.17) is 16.8 Å². The van der Waals surface area contributed by atoms with Crippen LogP contribution in [0.15, 0.2) is 59.5 Å². The maximum absolute atomic E-state index is 13.3. The summed E-state index contributed by atoms with van der Waals surface area (Å²) >= 11 is 6.09. The summed E-state index contributed by atoms with van der Waals surface area (Å²) < 4.78 is 44.3. The zero-order chi connectivity index (χ0) is 25.3. The van der Waals surface area contributed by atoms with E-state index < -0.39 is 45.3 Å². The second-order valence-electron chi connectivity index (χ2n) is 7.66. The molecular formula is C22H18FN3O6S3. The van der Waals surface area contributed by atoms with Gasteiger partial charge in [-0.05, 0) is 42.0 Å². The van der Waals surface area contributed by atoms with Gasteiger partial charge in [-0.1, -0.05) is 42.2 Å². The van der Waals surface area contributed by atoms with Crippen LogP contribution >= 0.6 is 24.0 Å². The van der Waals surface area contributed by atoms with Gasteiger partial charge in [-0.3, -0.25) is 23.8 Å². The number of hydrogen-bond donors (Lipinski definition) is 2. The number of carbonyl (C=O) groups is 3. The Balaban J connectivity index is 1.53. The average molecular weight is 536 g/mol. The van der Waals surface area contributed by atoms with Gasteiger partial charge >= 0.3 is 0 Å². The first kappa shape index (κ1) is 25.0. The van der Waals surface area contributed by atoms with Crippen molar-refractivity contribution < 1.29 is 31.7 Å². The highest BCUT2D eigenvalue weighted by Gasteiger charge is 2.40. The zero-order valence-electron chi connectivity index (χ0n) is 17.9. The lowest BCUT2D eigenvalue weighted by Gasteiger charge is -2.17. The number of thiocarbonyl (C=S) groups is 1. The molecule has 2 aromatic carbocycles. The van der Waals surface area contributed by atoms with Gasteiger partial charge in [0.05, 0.1) is 16.6 Å². The minimum atomic E-state index is -4.29. The summed E-state index contributed by atoms with van der Waals surface area (Å²) in [5.41, 5.74) is 1.48. The molecule has 35 heavy (non-hydrogen) atoms. The third kappa shape index (κ3) is 5.59. The maximum Gasteiger partial charge on any atom is 0.266 e. The zero-order valence-corrected chi connectivity index (χ0v) is 20.3. The molecule has 2 N–H and O–H groups in total. The number of carbonyl (C=O) groups excluding carboxylic acids is 3. The molecule has 0 aromatic heterocycles. The minimum absolute atomic E-state index is 0.110. The molecule has 1 atom stereocenters. The second kappa shape index (κ2) is 9.85. The molecule has 3 amide bonds. The van der Waals surface area contributed by atoms with Gasteiger partial charge in [-0.25, -0.2) is 4.39 Å². The number of amides is 3. The molecule has 182 valence electrons. The van der Waals surface area contributed by atoms with Crippen LogP contribution in [0.5, 0.6) is 0 Å². The predicted molar refractivity (Wildman–Crippen MR) is 133 cm³/mol. The lowest BCUT2D eigenvalue weighted by Crippen LogP contribution is -2.36. The number of hydrogen-bond acceptors (Lipinski definition) is 7. The molecule has 0 bridgehead atoms. The summed E-state index contributed by atoms with van der Waals surface area (Å²) in [6.45, 7) is -0.612. The van der Waals surface area contributed by atoms with E-state index in [2.05, 4.69) is 5.32 Å². The lowest BCUT2D eigenvalue weighted by atomic mass is 10.0. The molecule has 0 spiro atoms. The molecule has 1 fully saturated rings. The van der Waals surface area contributed by atoms with Gasteiger partial charge in [-0.2, -0.15) is 8.42 Å². The van der Waals surface area contributed by atoms with E-state index in [0.29, 0.717) is 16.9 Å². The number of thioether (sulfide) groups is 1. The van der Waals surface area contributed by atoms with Gasteiger partial charge in [-0.15, -0.1) is 0 Å². The first-order valence-corrected chi connectivity index (χ1v) is 13.0. The Morgan fingerprint density at radius 1 is 1.14 bits per heavy atom. The molecule has 2 aromatic rings. The van der Waals surface area contributed by atoms with Gasteiger partial charge in [0, 0.05) is 17.9 Å². The molecule has 0 radical (unpaired) electrons. The van der Waals surface area contributed by atoms with Crippen LogP contribution in [0.2, 0.25) is 0 Å². The van der Waals surface area contributed by atoms with Crippen molar-refractivity contribution in [1.29, 1.82) is 0 Å². The van der Waals surface area contributed by atoms with Gasteiger partial charge in [0.2, 0.25) is 11.8 Å². The summed E-state index contributed by atoms with van der Waals surface area (Å²) in [6, 6.07) is 12.1. The standard InChI is InChI=1S/C22H18FN3O6S3/c23-13-5-7-14(8-6-13)24-19(27)12-26-17-4-2-1-3-15(17)16(20(26)28)11-18-21(29)25(22(33)34-18)9-10-35(30,31)32/h1-8,11,16H,9-10,12H2,(H,24,27)(H,30,31,32).